The zero-order valence-electron chi connectivity index (χ0n) is 20.7. The van der Waals surface area contributed by atoms with Gasteiger partial charge >= 0.3 is 0 Å². The molecule has 3 aromatic rings. The molecule has 0 radical (unpaired) electrons. The fraction of sp³-hybridized carbons (Fsp3) is 0.296. The topological polar surface area (TPSA) is 75.7 Å². The van der Waals surface area contributed by atoms with E-state index in [4.69, 9.17) is 4.74 Å². The van der Waals surface area contributed by atoms with Crippen molar-refractivity contribution in [2.24, 2.45) is 0 Å². The van der Waals surface area contributed by atoms with Crippen molar-refractivity contribution in [3.05, 3.63) is 83.4 Å². The molecule has 0 bridgehead atoms. The summed E-state index contributed by atoms with van der Waals surface area (Å²) >= 11 is 1.53. The second kappa shape index (κ2) is 11.6. The van der Waals surface area contributed by atoms with E-state index in [0.29, 0.717) is 18.0 Å². The molecule has 35 heavy (non-hydrogen) atoms. The normalized spacial score (nSPS) is 12.1. The number of amides is 1. The van der Waals surface area contributed by atoms with Crippen LogP contribution in [-0.4, -0.2) is 33.7 Å². The zero-order valence-corrected chi connectivity index (χ0v) is 22.4. The van der Waals surface area contributed by atoms with Crippen LogP contribution < -0.4 is 14.4 Å². The van der Waals surface area contributed by atoms with E-state index in [0.717, 1.165) is 25.9 Å². The molecule has 186 valence electrons. The van der Waals surface area contributed by atoms with Crippen LogP contribution in [0.25, 0.3) is 0 Å². The minimum atomic E-state index is -4.05. The van der Waals surface area contributed by atoms with E-state index in [-0.39, 0.29) is 17.5 Å². The summed E-state index contributed by atoms with van der Waals surface area (Å²) in [4.78, 5) is 14.2. The summed E-state index contributed by atoms with van der Waals surface area (Å²) in [6.07, 6.45) is 1.93. The number of thioether (sulfide) groups is 1. The third kappa shape index (κ3) is 6.38. The highest BCUT2D eigenvalue weighted by Gasteiger charge is 2.30. The molecule has 0 saturated carbocycles. The van der Waals surface area contributed by atoms with E-state index in [1.54, 1.807) is 48.5 Å². The van der Waals surface area contributed by atoms with Crippen molar-refractivity contribution in [2.45, 2.75) is 43.5 Å². The largest absolute Gasteiger partial charge is 0.492 e. The molecule has 0 aromatic heterocycles. The number of carbonyl (C=O) groups is 1. The van der Waals surface area contributed by atoms with Gasteiger partial charge in [0.25, 0.3) is 10.0 Å². The van der Waals surface area contributed by atoms with Gasteiger partial charge in [0.1, 0.15) is 12.3 Å². The second-order valence-electron chi connectivity index (χ2n) is 8.24. The summed E-state index contributed by atoms with van der Waals surface area (Å²) in [6.45, 7) is 7.72. The first-order valence-electron chi connectivity index (χ1n) is 11.4. The Balaban J connectivity index is 1.96. The average molecular weight is 513 g/mol. The lowest BCUT2D eigenvalue weighted by Crippen LogP contribution is -2.41. The molecular formula is C27H32N2O4S2. The van der Waals surface area contributed by atoms with Crippen molar-refractivity contribution in [2.75, 3.05) is 23.7 Å². The number of para-hydroxylation sites is 2. The lowest BCUT2D eigenvalue weighted by Gasteiger charge is -2.27. The summed E-state index contributed by atoms with van der Waals surface area (Å²) in [5.74, 6) is -0.0115. The number of anilines is 1. The standard InChI is InChI=1S/C27H32N2O4S2/c1-6-33-26-10-8-7-9-25(26)29(35(31,32)23-14-12-22(34-5)13-15-23)18-27(30)28-21(4)24-16-11-19(2)17-20(24)3/h7-17,21H,6,18H2,1-5H3,(H,28,30)/t21-/m0/s1. The summed E-state index contributed by atoms with van der Waals surface area (Å²) < 4.78 is 34.3. The number of rotatable bonds is 10. The van der Waals surface area contributed by atoms with Crippen LogP contribution in [0.5, 0.6) is 5.75 Å². The fourth-order valence-electron chi connectivity index (χ4n) is 3.92. The quantitative estimate of drug-likeness (QED) is 0.363. The van der Waals surface area contributed by atoms with E-state index < -0.39 is 15.9 Å². The molecule has 1 N–H and O–H groups in total. The number of benzene rings is 3. The molecular weight excluding hydrogens is 480 g/mol. The monoisotopic (exact) mass is 512 g/mol. The van der Waals surface area contributed by atoms with Crippen LogP contribution in [0, 0.1) is 13.8 Å². The third-order valence-corrected chi connectivity index (χ3v) is 8.16. The molecule has 1 atom stereocenters. The van der Waals surface area contributed by atoms with Gasteiger partial charge in [-0.25, -0.2) is 8.42 Å². The molecule has 0 heterocycles. The lowest BCUT2D eigenvalue weighted by atomic mass is 10.0. The fourth-order valence-corrected chi connectivity index (χ4v) is 5.76. The van der Waals surface area contributed by atoms with Crippen molar-refractivity contribution >= 4 is 33.4 Å². The zero-order chi connectivity index (χ0) is 25.6. The van der Waals surface area contributed by atoms with Crippen LogP contribution >= 0.6 is 11.8 Å². The molecule has 0 unspecified atom stereocenters. The molecule has 3 rings (SSSR count). The van der Waals surface area contributed by atoms with Crippen LogP contribution in [0.4, 0.5) is 5.69 Å². The van der Waals surface area contributed by atoms with Gasteiger partial charge in [0.05, 0.1) is 23.2 Å². The van der Waals surface area contributed by atoms with Gasteiger partial charge in [-0.05, 0) is 81.5 Å². The first-order chi connectivity index (χ1) is 16.7. The van der Waals surface area contributed by atoms with E-state index in [2.05, 4.69) is 11.4 Å². The number of aryl methyl sites for hydroxylation is 2. The Hall–Kier alpha value is -2.97. The summed E-state index contributed by atoms with van der Waals surface area (Å²) in [5, 5.41) is 2.96. The molecule has 1 amide bonds. The molecule has 6 nitrogen and oxygen atoms in total. The minimum absolute atomic E-state index is 0.108. The van der Waals surface area contributed by atoms with Gasteiger partial charge in [-0.1, -0.05) is 35.9 Å². The average Bonchev–Trinajstić information content (AvgIpc) is 2.83. The Bertz CT molecular complexity index is 1270. The molecule has 3 aromatic carbocycles. The van der Waals surface area contributed by atoms with Gasteiger partial charge in [0, 0.05) is 4.90 Å². The van der Waals surface area contributed by atoms with Gasteiger partial charge < -0.3 is 10.1 Å². The number of nitrogens with zero attached hydrogens (tertiary/aromatic N) is 1. The Labute approximate surface area is 212 Å². The predicted octanol–water partition coefficient (Wildman–Crippen LogP) is 5.50. The molecule has 8 heteroatoms. The van der Waals surface area contributed by atoms with Crippen LogP contribution in [0.1, 0.15) is 36.6 Å². The van der Waals surface area contributed by atoms with Crippen molar-refractivity contribution in [1.82, 2.24) is 5.32 Å². The maximum absolute atomic E-state index is 13.8. The summed E-state index contributed by atoms with van der Waals surface area (Å²) in [5.41, 5.74) is 3.51. The summed E-state index contributed by atoms with van der Waals surface area (Å²) in [6, 6.07) is 19.3. The van der Waals surface area contributed by atoms with Crippen molar-refractivity contribution < 1.29 is 17.9 Å². The van der Waals surface area contributed by atoms with Gasteiger partial charge in [-0.2, -0.15) is 0 Å². The molecule has 0 aliphatic carbocycles. The number of nitrogens with one attached hydrogen (secondary N) is 1. The maximum Gasteiger partial charge on any atom is 0.264 e. The van der Waals surface area contributed by atoms with Gasteiger partial charge in [-0.15, -0.1) is 11.8 Å². The third-order valence-electron chi connectivity index (χ3n) is 5.64. The first-order valence-corrected chi connectivity index (χ1v) is 14.1. The van der Waals surface area contributed by atoms with E-state index in [1.165, 1.54) is 11.8 Å². The van der Waals surface area contributed by atoms with Crippen molar-refractivity contribution in [3.63, 3.8) is 0 Å². The first kappa shape index (κ1) is 26.6. The molecule has 0 aliphatic heterocycles. The Morgan fingerprint density at radius 3 is 2.37 bits per heavy atom. The predicted molar refractivity (Wildman–Crippen MR) is 143 cm³/mol. The molecule has 0 fully saturated rings. The molecule has 0 aliphatic rings. The Morgan fingerprint density at radius 2 is 1.74 bits per heavy atom. The Kier molecular flexibility index (Phi) is 8.86. The van der Waals surface area contributed by atoms with E-state index in [9.17, 15) is 13.2 Å². The summed E-state index contributed by atoms with van der Waals surface area (Å²) in [7, 11) is -4.05. The van der Waals surface area contributed by atoms with Crippen LogP contribution in [0.3, 0.4) is 0 Å². The van der Waals surface area contributed by atoms with Crippen LogP contribution in [0.15, 0.2) is 76.5 Å². The van der Waals surface area contributed by atoms with Crippen molar-refractivity contribution in [3.8, 4) is 5.75 Å². The molecule has 0 saturated heterocycles. The Morgan fingerprint density at radius 1 is 1.06 bits per heavy atom. The number of sulfonamides is 1. The highest BCUT2D eigenvalue weighted by atomic mass is 32.2. The van der Waals surface area contributed by atoms with Crippen LogP contribution in [0.2, 0.25) is 0 Å². The minimum Gasteiger partial charge on any atom is -0.492 e. The lowest BCUT2D eigenvalue weighted by molar-refractivity contribution is -0.120. The van der Waals surface area contributed by atoms with Crippen LogP contribution in [-0.2, 0) is 14.8 Å². The molecule has 0 spiro atoms. The van der Waals surface area contributed by atoms with Gasteiger partial charge in [0.2, 0.25) is 5.91 Å². The maximum atomic E-state index is 13.8. The smallest absolute Gasteiger partial charge is 0.264 e. The van der Waals surface area contributed by atoms with E-state index >= 15 is 0 Å². The van der Waals surface area contributed by atoms with Gasteiger partial charge in [0.15, 0.2) is 0 Å². The number of carbonyl (C=O) groups excluding carboxylic acids is 1. The number of hydrogen-bond acceptors (Lipinski definition) is 5. The second-order valence-corrected chi connectivity index (χ2v) is 11.0. The van der Waals surface area contributed by atoms with Crippen molar-refractivity contribution in [1.29, 1.82) is 0 Å². The number of hydrogen-bond donors (Lipinski definition) is 1. The van der Waals surface area contributed by atoms with E-state index in [1.807, 2.05) is 46.1 Å². The SMILES string of the molecule is CCOc1ccccc1N(CC(=O)N[C@@H](C)c1ccc(C)cc1C)S(=O)(=O)c1ccc(SC)cc1. The number of ether oxygens (including phenoxy) is 1. The highest BCUT2D eigenvalue weighted by molar-refractivity contribution is 7.98. The highest BCUT2D eigenvalue weighted by Crippen LogP contribution is 2.33. The van der Waals surface area contributed by atoms with Gasteiger partial charge in [-0.3, -0.25) is 9.10 Å².